The molecule has 1 aromatic rings. The summed E-state index contributed by atoms with van der Waals surface area (Å²) in [5.41, 5.74) is 0.937. The van der Waals surface area contributed by atoms with Gasteiger partial charge in [0.05, 0.1) is 13.3 Å². The van der Waals surface area contributed by atoms with E-state index in [-0.39, 0.29) is 0 Å². The summed E-state index contributed by atoms with van der Waals surface area (Å²) in [6, 6.07) is 7.51. The van der Waals surface area contributed by atoms with Crippen LogP contribution in [0.1, 0.15) is 5.56 Å². The van der Waals surface area contributed by atoms with E-state index in [9.17, 15) is 0 Å². The van der Waals surface area contributed by atoms with Crippen LogP contribution in [0.15, 0.2) is 29.4 Å². The van der Waals surface area contributed by atoms with Crippen molar-refractivity contribution in [2.24, 2.45) is 10.9 Å². The molecule has 0 unspecified atom stereocenters. The van der Waals surface area contributed by atoms with Gasteiger partial charge in [-0.3, -0.25) is 0 Å². The molecule has 0 aliphatic carbocycles. The van der Waals surface area contributed by atoms with Gasteiger partial charge < -0.3 is 10.6 Å². The summed E-state index contributed by atoms with van der Waals surface area (Å²) in [7, 11) is 1.62. The van der Waals surface area contributed by atoms with Crippen molar-refractivity contribution >= 4 is 6.21 Å². The molecule has 0 aliphatic rings. The zero-order valence-corrected chi connectivity index (χ0v) is 6.32. The molecular weight excluding hydrogens is 140 g/mol. The third-order valence-corrected chi connectivity index (χ3v) is 1.32. The quantitative estimate of drug-likeness (QED) is 0.388. The van der Waals surface area contributed by atoms with Crippen molar-refractivity contribution in [1.29, 1.82) is 0 Å². The number of ether oxygens (including phenoxy) is 1. The van der Waals surface area contributed by atoms with E-state index in [0.29, 0.717) is 0 Å². The highest BCUT2D eigenvalue weighted by molar-refractivity contribution is 5.79. The smallest absolute Gasteiger partial charge is 0.119 e. The summed E-state index contributed by atoms with van der Waals surface area (Å²) in [5.74, 6) is 5.79. The average molecular weight is 150 g/mol. The average Bonchev–Trinajstić information content (AvgIpc) is 2.06. The standard InChI is InChI=1S/C8H10N2O/c1-11-8-4-2-3-7(5-8)6-10-9/h2-6H,9H2,1H3. The lowest BCUT2D eigenvalue weighted by molar-refractivity contribution is 0.415. The molecule has 0 fully saturated rings. The van der Waals surface area contributed by atoms with Gasteiger partial charge in [0.25, 0.3) is 0 Å². The van der Waals surface area contributed by atoms with E-state index in [2.05, 4.69) is 5.10 Å². The van der Waals surface area contributed by atoms with Crippen LogP contribution in [-0.4, -0.2) is 13.3 Å². The lowest BCUT2D eigenvalue weighted by Crippen LogP contribution is -1.87. The maximum absolute atomic E-state index is 5.00. The first-order valence-electron chi connectivity index (χ1n) is 3.24. The van der Waals surface area contributed by atoms with Crippen LogP contribution in [-0.2, 0) is 0 Å². The lowest BCUT2D eigenvalue weighted by Gasteiger charge is -1.98. The molecular formula is C8H10N2O. The molecule has 11 heavy (non-hydrogen) atoms. The van der Waals surface area contributed by atoms with Gasteiger partial charge in [-0.1, -0.05) is 12.1 Å². The number of benzene rings is 1. The van der Waals surface area contributed by atoms with Crippen LogP contribution in [0.2, 0.25) is 0 Å². The van der Waals surface area contributed by atoms with Crippen molar-refractivity contribution in [2.75, 3.05) is 7.11 Å². The lowest BCUT2D eigenvalue weighted by atomic mass is 10.2. The largest absolute Gasteiger partial charge is 0.497 e. The number of hydrazone groups is 1. The Kier molecular flexibility index (Phi) is 2.49. The summed E-state index contributed by atoms with van der Waals surface area (Å²) in [6.45, 7) is 0. The highest BCUT2D eigenvalue weighted by Gasteiger charge is 1.90. The summed E-state index contributed by atoms with van der Waals surface area (Å²) in [6.07, 6.45) is 1.57. The molecule has 1 aromatic carbocycles. The SMILES string of the molecule is COc1cccc(C=NN)c1. The number of rotatable bonds is 2. The van der Waals surface area contributed by atoms with Gasteiger partial charge in [0.2, 0.25) is 0 Å². The Bertz CT molecular complexity index is 258. The van der Waals surface area contributed by atoms with Crippen LogP contribution in [0.4, 0.5) is 0 Å². The molecule has 3 nitrogen and oxygen atoms in total. The second kappa shape index (κ2) is 3.61. The minimum Gasteiger partial charge on any atom is -0.497 e. The van der Waals surface area contributed by atoms with Crippen molar-refractivity contribution in [3.63, 3.8) is 0 Å². The first-order chi connectivity index (χ1) is 5.36. The Morgan fingerprint density at radius 1 is 1.55 bits per heavy atom. The molecule has 0 spiro atoms. The minimum atomic E-state index is 0.808. The first kappa shape index (κ1) is 7.60. The third-order valence-electron chi connectivity index (χ3n) is 1.32. The molecule has 0 heterocycles. The minimum absolute atomic E-state index is 0.808. The summed E-state index contributed by atoms with van der Waals surface area (Å²) >= 11 is 0. The number of nitrogens with two attached hydrogens (primary N) is 1. The van der Waals surface area contributed by atoms with Gasteiger partial charge in [-0.05, 0) is 17.7 Å². The number of hydrogen-bond donors (Lipinski definition) is 1. The maximum Gasteiger partial charge on any atom is 0.119 e. The molecule has 0 amide bonds. The number of methoxy groups -OCH3 is 1. The second-order valence-electron chi connectivity index (χ2n) is 2.05. The summed E-state index contributed by atoms with van der Waals surface area (Å²) in [4.78, 5) is 0. The molecule has 3 heteroatoms. The fourth-order valence-corrected chi connectivity index (χ4v) is 0.808. The molecule has 0 bridgehead atoms. The Morgan fingerprint density at radius 3 is 3.00 bits per heavy atom. The monoisotopic (exact) mass is 150 g/mol. The van der Waals surface area contributed by atoms with E-state index in [1.165, 1.54) is 0 Å². The van der Waals surface area contributed by atoms with Gasteiger partial charge in [0.15, 0.2) is 0 Å². The summed E-state index contributed by atoms with van der Waals surface area (Å²) < 4.78 is 5.00. The van der Waals surface area contributed by atoms with Crippen molar-refractivity contribution in [2.45, 2.75) is 0 Å². The van der Waals surface area contributed by atoms with Crippen molar-refractivity contribution in [1.82, 2.24) is 0 Å². The molecule has 2 N–H and O–H groups in total. The topological polar surface area (TPSA) is 47.6 Å². The Labute approximate surface area is 65.5 Å². The molecule has 1 rings (SSSR count). The van der Waals surface area contributed by atoms with E-state index in [1.54, 1.807) is 13.3 Å². The fraction of sp³-hybridized carbons (Fsp3) is 0.125. The predicted octanol–water partition coefficient (Wildman–Crippen LogP) is 0.988. The van der Waals surface area contributed by atoms with E-state index in [0.717, 1.165) is 11.3 Å². The molecule has 58 valence electrons. The van der Waals surface area contributed by atoms with Crippen LogP contribution in [0.25, 0.3) is 0 Å². The van der Waals surface area contributed by atoms with E-state index >= 15 is 0 Å². The van der Waals surface area contributed by atoms with Gasteiger partial charge >= 0.3 is 0 Å². The van der Waals surface area contributed by atoms with Gasteiger partial charge in [-0.2, -0.15) is 5.10 Å². The van der Waals surface area contributed by atoms with E-state index in [4.69, 9.17) is 10.6 Å². The van der Waals surface area contributed by atoms with Crippen LogP contribution < -0.4 is 10.6 Å². The number of hydrogen-bond acceptors (Lipinski definition) is 3. The van der Waals surface area contributed by atoms with Crippen LogP contribution in [0.3, 0.4) is 0 Å². The zero-order chi connectivity index (χ0) is 8.10. The van der Waals surface area contributed by atoms with Gasteiger partial charge in [0, 0.05) is 0 Å². The van der Waals surface area contributed by atoms with Crippen LogP contribution in [0, 0.1) is 0 Å². The van der Waals surface area contributed by atoms with Gasteiger partial charge in [-0.25, -0.2) is 0 Å². The van der Waals surface area contributed by atoms with Crippen molar-refractivity contribution in [3.8, 4) is 5.75 Å². The molecule has 0 saturated heterocycles. The Hall–Kier alpha value is -1.51. The van der Waals surface area contributed by atoms with E-state index in [1.807, 2.05) is 24.3 Å². The van der Waals surface area contributed by atoms with E-state index < -0.39 is 0 Å². The Balaban J connectivity index is 2.91. The fourth-order valence-electron chi connectivity index (χ4n) is 0.808. The zero-order valence-electron chi connectivity index (χ0n) is 6.32. The molecule has 0 radical (unpaired) electrons. The van der Waals surface area contributed by atoms with Crippen LogP contribution in [0.5, 0.6) is 5.75 Å². The Morgan fingerprint density at radius 2 is 2.36 bits per heavy atom. The second-order valence-corrected chi connectivity index (χ2v) is 2.05. The van der Waals surface area contributed by atoms with Crippen molar-refractivity contribution in [3.05, 3.63) is 29.8 Å². The third kappa shape index (κ3) is 1.97. The summed E-state index contributed by atoms with van der Waals surface area (Å²) in [5, 5.41) is 3.40. The van der Waals surface area contributed by atoms with Gasteiger partial charge in [-0.15, -0.1) is 0 Å². The molecule has 0 aliphatic heterocycles. The maximum atomic E-state index is 5.00. The van der Waals surface area contributed by atoms with Crippen LogP contribution >= 0.6 is 0 Å². The first-order valence-corrected chi connectivity index (χ1v) is 3.24. The normalized spacial score (nSPS) is 10.3. The molecule has 0 saturated carbocycles. The highest BCUT2D eigenvalue weighted by Crippen LogP contribution is 2.10. The van der Waals surface area contributed by atoms with Crippen molar-refractivity contribution < 1.29 is 4.74 Å². The highest BCUT2D eigenvalue weighted by atomic mass is 16.5. The predicted molar refractivity (Wildman–Crippen MR) is 44.8 cm³/mol. The molecule has 0 atom stereocenters. The van der Waals surface area contributed by atoms with Gasteiger partial charge in [0.1, 0.15) is 5.75 Å². The number of nitrogens with zero attached hydrogens (tertiary/aromatic N) is 1. The molecule has 0 aromatic heterocycles.